The first-order valence-corrected chi connectivity index (χ1v) is 16.5. The van der Waals surface area contributed by atoms with Gasteiger partial charge in [-0.1, -0.05) is 55.8 Å². The molecule has 1 aliphatic heterocycles. The maximum atomic E-state index is 13.1. The average Bonchev–Trinajstić information content (AvgIpc) is 3.44. The summed E-state index contributed by atoms with van der Waals surface area (Å²) in [6.45, 7) is 8.58. The molecule has 1 aliphatic rings. The zero-order valence-electron chi connectivity index (χ0n) is 26.6. The fourth-order valence-electron chi connectivity index (χ4n) is 4.94. The lowest BCUT2D eigenvalue weighted by Crippen LogP contribution is -2.44. The molecule has 0 saturated carbocycles. The van der Waals surface area contributed by atoms with Gasteiger partial charge in [-0.05, 0) is 46.6 Å². The van der Waals surface area contributed by atoms with Crippen molar-refractivity contribution in [1.29, 1.82) is 0 Å². The Hall–Kier alpha value is -3.66. The van der Waals surface area contributed by atoms with E-state index in [4.69, 9.17) is 29.2 Å². The lowest BCUT2D eigenvalue weighted by molar-refractivity contribution is -0.169. The molecule has 17 heteroatoms. The summed E-state index contributed by atoms with van der Waals surface area (Å²) in [7, 11) is -1.33. The summed E-state index contributed by atoms with van der Waals surface area (Å²) in [4.78, 5) is 38.2. The molecule has 2 aromatic heterocycles. The van der Waals surface area contributed by atoms with E-state index in [0.717, 1.165) is 5.39 Å². The molecule has 0 spiro atoms. The monoisotopic (exact) mass is 734 g/mol. The standard InChI is InChI=1S/C30H36BrN6O9P/c1-15(25(39)44-14-29(2,3)4)36-47(41)46-21-17-10-8-7-9-16(17)11-12-18(21)43-13-19-22(38)30(5,40)26(45-19)37-23-20(33-27(37)31)24(42-6)35-28(32)34-23/h7-12,15,19,22,26,38,40H,13-14H2,1-6H3,(H2,32,34,35)/t15-,19+,22+,26+,30+/m0/s1. The number of fused-ring (bicyclic) bond motifs is 2. The molecule has 0 radical (unpaired) electrons. The van der Waals surface area contributed by atoms with Crippen LogP contribution < -0.4 is 24.6 Å². The number of benzene rings is 2. The molecular formula is C30H36BrN6O9P. The number of carbonyl (C=O) groups excluding carboxylic acids is 1. The molecular weight excluding hydrogens is 699 g/mol. The van der Waals surface area contributed by atoms with Crippen molar-refractivity contribution in [3.63, 3.8) is 0 Å². The Morgan fingerprint density at radius 1 is 1.26 bits per heavy atom. The first kappa shape index (κ1) is 34.7. The molecule has 4 aromatic rings. The summed E-state index contributed by atoms with van der Waals surface area (Å²) in [6, 6.07) is 9.57. The molecule has 1 unspecified atom stereocenters. The highest BCUT2D eigenvalue weighted by molar-refractivity contribution is 9.10. The smallest absolute Gasteiger partial charge is 0.395 e. The fraction of sp³-hybridized carbons (Fsp3) is 0.467. The Kier molecular flexibility index (Phi) is 9.92. The third-order valence-corrected chi connectivity index (χ3v) is 8.77. The normalized spacial score (nSPS) is 22.4. The largest absolute Gasteiger partial charge is 0.575 e. The summed E-state index contributed by atoms with van der Waals surface area (Å²) in [5.41, 5.74) is 4.25. The van der Waals surface area contributed by atoms with Gasteiger partial charge in [-0.15, -0.1) is 0 Å². The van der Waals surface area contributed by atoms with Gasteiger partial charge >= 0.3 is 14.1 Å². The van der Waals surface area contributed by atoms with Crippen LogP contribution in [-0.4, -0.2) is 79.9 Å². The van der Waals surface area contributed by atoms with Crippen molar-refractivity contribution >= 4 is 58.0 Å². The maximum absolute atomic E-state index is 13.1. The van der Waals surface area contributed by atoms with Crippen LogP contribution in [0.15, 0.2) is 45.9 Å². The number of nitrogens with zero attached hydrogens (tertiary/aromatic N) is 5. The van der Waals surface area contributed by atoms with E-state index in [1.165, 1.54) is 25.5 Å². The van der Waals surface area contributed by atoms with Crippen molar-refractivity contribution in [2.75, 3.05) is 26.1 Å². The highest BCUT2D eigenvalue weighted by Crippen LogP contribution is 2.44. The first-order valence-electron chi connectivity index (χ1n) is 14.6. The number of methoxy groups -OCH3 is 1. The SMILES string of the molecule is COc1nc(N)nc2c1nc(Br)n2[C@@H]1O[C@H](COc2ccc3ccccc3c2O[P+]([O-])=N[C@@H](C)C(=O)OCC(C)(C)C)[C@@H](O)[C@@]1(C)O. The van der Waals surface area contributed by atoms with Gasteiger partial charge < -0.3 is 39.8 Å². The number of halogens is 1. The molecule has 15 nitrogen and oxygen atoms in total. The molecule has 4 N–H and O–H groups in total. The fourth-order valence-corrected chi connectivity index (χ4v) is 6.24. The summed E-state index contributed by atoms with van der Waals surface area (Å²) < 4.78 is 34.2. The Balaban J connectivity index is 1.39. The van der Waals surface area contributed by atoms with E-state index in [-0.39, 0.29) is 57.9 Å². The number of esters is 1. The van der Waals surface area contributed by atoms with E-state index in [2.05, 4.69) is 35.6 Å². The second kappa shape index (κ2) is 13.5. The third kappa shape index (κ3) is 7.27. The van der Waals surface area contributed by atoms with Gasteiger partial charge in [0, 0.05) is 5.39 Å². The Bertz CT molecular complexity index is 1830. The predicted molar refractivity (Wildman–Crippen MR) is 174 cm³/mol. The quantitative estimate of drug-likeness (QED) is 0.121. The zero-order chi connectivity index (χ0) is 34.3. The minimum atomic E-state index is -2.74. The van der Waals surface area contributed by atoms with Crippen molar-refractivity contribution in [3.8, 4) is 17.4 Å². The van der Waals surface area contributed by atoms with Crippen LogP contribution >= 0.6 is 24.1 Å². The molecule has 3 heterocycles. The van der Waals surface area contributed by atoms with E-state index in [1.54, 1.807) is 24.3 Å². The second-order valence-electron chi connectivity index (χ2n) is 12.4. The number of nitrogens with two attached hydrogens (primary N) is 1. The molecule has 6 atom stereocenters. The molecule has 5 rings (SSSR count). The van der Waals surface area contributed by atoms with Crippen molar-refractivity contribution in [3.05, 3.63) is 41.1 Å². The van der Waals surface area contributed by atoms with Crippen LogP contribution in [0.25, 0.3) is 21.9 Å². The van der Waals surface area contributed by atoms with Crippen molar-refractivity contribution in [2.45, 2.75) is 64.7 Å². The van der Waals surface area contributed by atoms with Crippen molar-refractivity contribution < 1.29 is 43.4 Å². The van der Waals surface area contributed by atoms with Gasteiger partial charge in [-0.25, -0.2) is 9.78 Å². The Morgan fingerprint density at radius 3 is 2.68 bits per heavy atom. The number of hydrogen-bond acceptors (Lipinski definition) is 14. The molecule has 252 valence electrons. The number of nitrogen functional groups attached to an aromatic ring is 1. The van der Waals surface area contributed by atoms with Crippen molar-refractivity contribution in [1.82, 2.24) is 19.5 Å². The number of rotatable bonds is 10. The predicted octanol–water partition coefficient (Wildman–Crippen LogP) is 3.63. The van der Waals surface area contributed by atoms with Gasteiger partial charge in [-0.3, -0.25) is 9.09 Å². The van der Waals surface area contributed by atoms with Gasteiger partial charge in [0.05, 0.1) is 13.7 Å². The molecule has 0 bridgehead atoms. The van der Waals surface area contributed by atoms with Crippen LogP contribution in [0.3, 0.4) is 0 Å². The van der Waals surface area contributed by atoms with Gasteiger partial charge in [0.1, 0.15) is 24.4 Å². The summed E-state index contributed by atoms with van der Waals surface area (Å²) in [6.07, 6.45) is -3.69. The molecule has 1 saturated heterocycles. The second-order valence-corrected chi connectivity index (χ2v) is 14.0. The Labute approximate surface area is 279 Å². The van der Waals surface area contributed by atoms with Crippen LogP contribution in [0, 0.1) is 5.41 Å². The third-order valence-electron chi connectivity index (χ3n) is 7.34. The van der Waals surface area contributed by atoms with E-state index in [9.17, 15) is 19.9 Å². The number of hydrogen-bond donors (Lipinski definition) is 3. The number of imidazole rings is 1. The number of anilines is 1. The summed E-state index contributed by atoms with van der Waals surface area (Å²) >= 11 is 3.37. The lowest BCUT2D eigenvalue weighted by Gasteiger charge is -2.27. The zero-order valence-corrected chi connectivity index (χ0v) is 29.1. The summed E-state index contributed by atoms with van der Waals surface area (Å²) in [5, 5.41) is 24.0. The molecule has 0 amide bonds. The van der Waals surface area contributed by atoms with Crippen LogP contribution in [0.5, 0.6) is 17.4 Å². The number of aliphatic hydroxyl groups excluding tert-OH is 1. The van der Waals surface area contributed by atoms with Crippen LogP contribution in [0.1, 0.15) is 40.8 Å². The van der Waals surface area contributed by atoms with Crippen LogP contribution in [-0.2, 0) is 14.3 Å². The van der Waals surface area contributed by atoms with Gasteiger partial charge in [0.15, 0.2) is 33.9 Å². The number of carbonyl (C=O) groups is 1. The molecule has 0 aliphatic carbocycles. The van der Waals surface area contributed by atoms with E-state index < -0.39 is 44.2 Å². The van der Waals surface area contributed by atoms with Gasteiger partial charge in [0.2, 0.25) is 17.6 Å². The van der Waals surface area contributed by atoms with Gasteiger partial charge in [-0.2, -0.15) is 9.97 Å². The highest BCUT2D eigenvalue weighted by Gasteiger charge is 2.54. The minimum Gasteiger partial charge on any atom is -0.575 e. The number of aromatic nitrogens is 4. The highest BCUT2D eigenvalue weighted by atomic mass is 79.9. The minimum absolute atomic E-state index is 0.0915. The van der Waals surface area contributed by atoms with Gasteiger partial charge in [0.25, 0.3) is 0 Å². The van der Waals surface area contributed by atoms with Crippen molar-refractivity contribution in [2.24, 2.45) is 10.2 Å². The number of aliphatic hydroxyl groups is 2. The summed E-state index contributed by atoms with van der Waals surface area (Å²) in [5.74, 6) is -0.313. The molecule has 2 aromatic carbocycles. The average molecular weight is 736 g/mol. The molecule has 47 heavy (non-hydrogen) atoms. The Morgan fingerprint density at radius 2 is 1.98 bits per heavy atom. The van der Waals surface area contributed by atoms with E-state index >= 15 is 0 Å². The number of ether oxygens (including phenoxy) is 4. The van der Waals surface area contributed by atoms with E-state index in [1.807, 2.05) is 32.9 Å². The first-order chi connectivity index (χ1) is 22.1. The topological polar surface area (TPSA) is 209 Å². The van der Waals surface area contributed by atoms with Crippen LogP contribution in [0.4, 0.5) is 5.95 Å². The maximum Gasteiger partial charge on any atom is 0.395 e. The van der Waals surface area contributed by atoms with E-state index in [0.29, 0.717) is 5.39 Å². The lowest BCUT2D eigenvalue weighted by atomic mass is 9.96. The van der Waals surface area contributed by atoms with Crippen LogP contribution in [0.2, 0.25) is 0 Å². The molecule has 1 fully saturated rings.